The van der Waals surface area contributed by atoms with Crippen LogP contribution in [0.5, 0.6) is 0 Å². The Morgan fingerprint density at radius 1 is 1.33 bits per heavy atom. The minimum atomic E-state index is -1.15. The third kappa shape index (κ3) is 3.54. The van der Waals surface area contributed by atoms with E-state index in [4.69, 9.17) is 5.11 Å². The Hall–Kier alpha value is -2.46. The number of carboxylic acid groups (broad SMARTS) is 1. The van der Waals surface area contributed by atoms with Crippen LogP contribution < -0.4 is 16.6 Å². The van der Waals surface area contributed by atoms with Gasteiger partial charge in [-0.1, -0.05) is 0 Å². The molecule has 0 fully saturated rings. The molecule has 0 atom stereocenters. The van der Waals surface area contributed by atoms with Crippen LogP contribution >= 0.6 is 11.3 Å². The molecule has 0 bridgehead atoms. The minimum Gasteiger partial charge on any atom is -0.477 e. The molecule has 0 aliphatic heterocycles. The highest BCUT2D eigenvalue weighted by molar-refractivity contribution is 7.20. The number of thiophene rings is 1. The maximum absolute atomic E-state index is 12.4. The lowest BCUT2D eigenvalue weighted by molar-refractivity contribution is -0.121. The van der Waals surface area contributed by atoms with Crippen LogP contribution in [0.4, 0.5) is 0 Å². The van der Waals surface area contributed by atoms with Crippen molar-refractivity contribution in [1.82, 2.24) is 19.4 Å². The number of aryl methyl sites for hydroxylation is 1. The molecule has 2 aromatic rings. The van der Waals surface area contributed by atoms with Gasteiger partial charge in [0.2, 0.25) is 5.91 Å². The minimum absolute atomic E-state index is 0.00543. The Morgan fingerprint density at radius 2 is 2.00 bits per heavy atom. The molecule has 0 unspecified atom stereocenters. The summed E-state index contributed by atoms with van der Waals surface area (Å²) in [4.78, 5) is 49.4. The van der Waals surface area contributed by atoms with Crippen molar-refractivity contribution in [3.8, 4) is 0 Å². The van der Waals surface area contributed by atoms with E-state index in [1.54, 1.807) is 19.0 Å². The standard InChI is InChI=1S/C14H18N4O5S/c1-16(2)7-10(19)15-4-5-18-11(20)8-6-9(13(21)22)24-12(8)17(3)14(18)23/h6H,4-5,7H2,1-3H3,(H,15,19)(H,21,22). The van der Waals surface area contributed by atoms with Crippen LogP contribution in [0.15, 0.2) is 15.7 Å². The van der Waals surface area contributed by atoms with Crippen molar-refractivity contribution >= 4 is 33.4 Å². The molecule has 1 amide bonds. The highest BCUT2D eigenvalue weighted by atomic mass is 32.1. The smallest absolute Gasteiger partial charge is 0.345 e. The second kappa shape index (κ2) is 6.97. The highest BCUT2D eigenvalue weighted by Gasteiger charge is 2.17. The normalized spacial score (nSPS) is 11.2. The predicted molar refractivity (Wildman–Crippen MR) is 89.8 cm³/mol. The van der Waals surface area contributed by atoms with Crippen LogP contribution in [-0.4, -0.2) is 58.2 Å². The van der Waals surface area contributed by atoms with Crippen LogP contribution in [0.2, 0.25) is 0 Å². The summed E-state index contributed by atoms with van der Waals surface area (Å²) in [7, 11) is 4.99. The van der Waals surface area contributed by atoms with Gasteiger partial charge >= 0.3 is 11.7 Å². The average Bonchev–Trinajstić information content (AvgIpc) is 2.93. The van der Waals surface area contributed by atoms with Crippen molar-refractivity contribution in [1.29, 1.82) is 0 Å². The van der Waals surface area contributed by atoms with Gasteiger partial charge in [0, 0.05) is 20.1 Å². The molecule has 9 nitrogen and oxygen atoms in total. The van der Waals surface area contributed by atoms with E-state index in [1.165, 1.54) is 17.7 Å². The monoisotopic (exact) mass is 354 g/mol. The summed E-state index contributed by atoms with van der Waals surface area (Å²) in [6.07, 6.45) is 0. The number of hydrogen-bond acceptors (Lipinski definition) is 6. The van der Waals surface area contributed by atoms with Crippen molar-refractivity contribution in [2.45, 2.75) is 6.54 Å². The number of aromatic nitrogens is 2. The van der Waals surface area contributed by atoms with E-state index in [0.29, 0.717) is 4.83 Å². The van der Waals surface area contributed by atoms with Gasteiger partial charge in [0.05, 0.1) is 11.9 Å². The van der Waals surface area contributed by atoms with E-state index >= 15 is 0 Å². The SMILES string of the molecule is CN(C)CC(=O)NCCn1c(=O)c2cc(C(=O)O)sc2n(C)c1=O. The Kier molecular flexibility index (Phi) is 5.20. The fourth-order valence-electron chi connectivity index (χ4n) is 2.24. The van der Waals surface area contributed by atoms with Gasteiger partial charge in [-0.25, -0.2) is 9.59 Å². The Balaban J connectivity index is 2.31. The molecule has 2 heterocycles. The molecule has 0 aromatic carbocycles. The molecule has 2 N–H and O–H groups in total. The van der Waals surface area contributed by atoms with E-state index in [1.807, 2.05) is 0 Å². The first kappa shape index (κ1) is 17.9. The number of carbonyl (C=O) groups excluding carboxylic acids is 1. The summed E-state index contributed by atoms with van der Waals surface area (Å²) in [6, 6.07) is 1.27. The van der Waals surface area contributed by atoms with E-state index in [0.717, 1.165) is 15.9 Å². The Morgan fingerprint density at radius 3 is 2.58 bits per heavy atom. The van der Waals surface area contributed by atoms with Gasteiger partial charge in [-0.05, 0) is 20.2 Å². The molecule has 0 saturated heterocycles. The first-order valence-corrected chi connectivity index (χ1v) is 7.92. The fourth-order valence-corrected chi connectivity index (χ4v) is 3.18. The largest absolute Gasteiger partial charge is 0.477 e. The third-order valence-electron chi connectivity index (χ3n) is 3.34. The lowest BCUT2D eigenvalue weighted by atomic mass is 10.3. The molecular weight excluding hydrogens is 336 g/mol. The summed E-state index contributed by atoms with van der Waals surface area (Å²) in [5.74, 6) is -1.36. The molecule has 10 heteroatoms. The van der Waals surface area contributed by atoms with Gasteiger partial charge in [-0.2, -0.15) is 0 Å². The van der Waals surface area contributed by atoms with Crippen molar-refractivity contribution in [2.24, 2.45) is 7.05 Å². The highest BCUT2D eigenvalue weighted by Crippen LogP contribution is 2.21. The Bertz CT molecular complexity index is 908. The van der Waals surface area contributed by atoms with Crippen LogP contribution in [0.1, 0.15) is 9.67 Å². The quantitative estimate of drug-likeness (QED) is 0.698. The average molecular weight is 354 g/mol. The maximum Gasteiger partial charge on any atom is 0.345 e. The molecular formula is C14H18N4O5S. The number of carboxylic acids is 1. The van der Waals surface area contributed by atoms with E-state index in [-0.39, 0.29) is 35.8 Å². The molecule has 0 saturated carbocycles. The first-order chi connectivity index (χ1) is 11.2. The van der Waals surface area contributed by atoms with Gasteiger partial charge < -0.3 is 15.3 Å². The van der Waals surface area contributed by atoms with Crippen LogP contribution in [0.3, 0.4) is 0 Å². The van der Waals surface area contributed by atoms with Crippen LogP contribution in [0.25, 0.3) is 10.2 Å². The zero-order valence-electron chi connectivity index (χ0n) is 13.5. The number of carbonyl (C=O) groups is 2. The second-order valence-electron chi connectivity index (χ2n) is 5.52. The number of amides is 1. The molecule has 24 heavy (non-hydrogen) atoms. The fraction of sp³-hybridized carbons (Fsp3) is 0.429. The molecule has 2 aromatic heterocycles. The van der Waals surface area contributed by atoms with Gasteiger partial charge in [-0.3, -0.25) is 18.7 Å². The van der Waals surface area contributed by atoms with Crippen molar-refractivity contribution in [2.75, 3.05) is 27.2 Å². The number of aromatic carboxylic acids is 1. The van der Waals surface area contributed by atoms with Gasteiger partial charge in [0.1, 0.15) is 9.71 Å². The third-order valence-corrected chi connectivity index (χ3v) is 4.54. The summed E-state index contributed by atoms with van der Waals surface area (Å²) >= 11 is 0.879. The lowest BCUT2D eigenvalue weighted by Gasteiger charge is -2.11. The molecule has 0 aliphatic rings. The molecule has 130 valence electrons. The topological polar surface area (TPSA) is 114 Å². The lowest BCUT2D eigenvalue weighted by Crippen LogP contribution is -2.42. The summed E-state index contributed by atoms with van der Waals surface area (Å²) in [6.45, 7) is 0.348. The van der Waals surface area contributed by atoms with Crippen molar-refractivity contribution in [3.63, 3.8) is 0 Å². The number of nitrogens with one attached hydrogen (secondary N) is 1. The van der Waals surface area contributed by atoms with Crippen LogP contribution in [-0.2, 0) is 18.4 Å². The van der Waals surface area contributed by atoms with E-state index in [2.05, 4.69) is 5.32 Å². The zero-order valence-corrected chi connectivity index (χ0v) is 14.3. The Labute approximate surface area is 140 Å². The first-order valence-electron chi connectivity index (χ1n) is 7.10. The number of hydrogen-bond donors (Lipinski definition) is 2. The number of likely N-dealkylation sites (N-methyl/N-ethyl adjacent to an activating group) is 1. The van der Waals surface area contributed by atoms with Gasteiger partial charge in [0.15, 0.2) is 0 Å². The van der Waals surface area contributed by atoms with Crippen molar-refractivity contribution in [3.05, 3.63) is 31.8 Å². The number of fused-ring (bicyclic) bond motifs is 1. The van der Waals surface area contributed by atoms with Crippen LogP contribution in [0, 0.1) is 0 Å². The number of rotatable bonds is 6. The second-order valence-corrected chi connectivity index (χ2v) is 6.55. The molecule has 2 rings (SSSR count). The summed E-state index contributed by atoms with van der Waals surface area (Å²) in [5.41, 5.74) is -1.10. The van der Waals surface area contributed by atoms with Gasteiger partial charge in [0.25, 0.3) is 5.56 Å². The van der Waals surface area contributed by atoms with E-state index in [9.17, 15) is 19.2 Å². The summed E-state index contributed by atoms with van der Waals surface area (Å²) < 4.78 is 2.24. The van der Waals surface area contributed by atoms with E-state index < -0.39 is 17.2 Å². The van der Waals surface area contributed by atoms with Crippen molar-refractivity contribution < 1.29 is 14.7 Å². The molecule has 0 spiro atoms. The van der Waals surface area contributed by atoms with Gasteiger partial charge in [-0.15, -0.1) is 11.3 Å². The molecule has 0 aliphatic carbocycles. The predicted octanol–water partition coefficient (Wildman–Crippen LogP) is -0.862. The zero-order chi connectivity index (χ0) is 18.0. The number of nitrogens with zero attached hydrogens (tertiary/aromatic N) is 3. The maximum atomic E-state index is 12.4. The summed E-state index contributed by atoms with van der Waals surface area (Å²) in [5, 5.41) is 11.9. The molecule has 0 radical (unpaired) electrons.